The van der Waals surface area contributed by atoms with Crippen molar-refractivity contribution in [3.63, 3.8) is 0 Å². The lowest BCUT2D eigenvalue weighted by molar-refractivity contribution is -0.121. The number of hydrogen-bond donors (Lipinski definition) is 2. The SMILES string of the molecule is CNS(=O)(=O)c1ccc(CNC(=O)CCCOc2ccc(C(C)(C)C)cc2)cc1. The summed E-state index contributed by atoms with van der Waals surface area (Å²) in [5.41, 5.74) is 2.20. The van der Waals surface area contributed by atoms with Gasteiger partial charge in [0.15, 0.2) is 0 Å². The number of sulfonamides is 1. The zero-order valence-electron chi connectivity index (χ0n) is 17.5. The number of benzene rings is 2. The van der Waals surface area contributed by atoms with Crippen molar-refractivity contribution in [2.75, 3.05) is 13.7 Å². The largest absolute Gasteiger partial charge is 0.494 e. The van der Waals surface area contributed by atoms with E-state index < -0.39 is 10.0 Å². The van der Waals surface area contributed by atoms with Crippen LogP contribution in [0.1, 0.15) is 44.7 Å². The van der Waals surface area contributed by atoms with Gasteiger partial charge in [-0.3, -0.25) is 4.79 Å². The fourth-order valence-electron chi connectivity index (χ4n) is 2.67. The maximum absolute atomic E-state index is 12.0. The number of carbonyl (C=O) groups excluding carboxylic acids is 1. The van der Waals surface area contributed by atoms with E-state index in [2.05, 4.69) is 42.9 Å². The molecule has 158 valence electrons. The second kappa shape index (κ2) is 9.89. The third kappa shape index (κ3) is 7.18. The van der Waals surface area contributed by atoms with Crippen molar-refractivity contribution in [3.05, 3.63) is 59.7 Å². The van der Waals surface area contributed by atoms with Crippen molar-refractivity contribution in [3.8, 4) is 5.75 Å². The maximum atomic E-state index is 12.0. The molecule has 29 heavy (non-hydrogen) atoms. The lowest BCUT2D eigenvalue weighted by atomic mass is 9.87. The molecular weight excluding hydrogens is 388 g/mol. The molecule has 0 bridgehead atoms. The summed E-state index contributed by atoms with van der Waals surface area (Å²) in [6.45, 7) is 7.33. The van der Waals surface area contributed by atoms with Crippen molar-refractivity contribution < 1.29 is 17.9 Å². The molecule has 2 rings (SSSR count). The second-order valence-electron chi connectivity index (χ2n) is 7.85. The summed E-state index contributed by atoms with van der Waals surface area (Å²) >= 11 is 0. The van der Waals surface area contributed by atoms with Crippen LogP contribution < -0.4 is 14.8 Å². The first-order chi connectivity index (χ1) is 13.6. The number of nitrogens with one attached hydrogen (secondary N) is 2. The molecule has 2 N–H and O–H groups in total. The third-order valence-corrected chi connectivity index (χ3v) is 5.96. The summed E-state index contributed by atoms with van der Waals surface area (Å²) in [7, 11) is -2.08. The summed E-state index contributed by atoms with van der Waals surface area (Å²) in [4.78, 5) is 12.2. The molecule has 6 nitrogen and oxygen atoms in total. The number of ether oxygens (including phenoxy) is 1. The fraction of sp³-hybridized carbons (Fsp3) is 0.409. The molecule has 0 spiro atoms. The molecule has 0 unspecified atom stereocenters. The Morgan fingerprint density at radius 3 is 2.17 bits per heavy atom. The van der Waals surface area contributed by atoms with Crippen LogP contribution >= 0.6 is 0 Å². The van der Waals surface area contributed by atoms with Gasteiger partial charge in [0.2, 0.25) is 15.9 Å². The standard InChI is InChI=1S/C22H30N2O4S/c1-22(2,3)18-9-11-19(12-10-18)28-15-5-6-21(25)24-16-17-7-13-20(14-8-17)29(26,27)23-4/h7-14,23H,5-6,15-16H2,1-4H3,(H,24,25). The minimum Gasteiger partial charge on any atom is -0.494 e. The molecule has 0 saturated carbocycles. The Kier molecular flexibility index (Phi) is 7.81. The van der Waals surface area contributed by atoms with Crippen LogP contribution in [0.25, 0.3) is 0 Å². The highest BCUT2D eigenvalue weighted by Gasteiger charge is 2.13. The zero-order chi connectivity index (χ0) is 21.5. The van der Waals surface area contributed by atoms with Gasteiger partial charge in [-0.2, -0.15) is 0 Å². The van der Waals surface area contributed by atoms with Crippen LogP contribution in [0.5, 0.6) is 5.75 Å². The predicted octanol–water partition coefficient (Wildman–Crippen LogP) is 3.37. The predicted molar refractivity (Wildman–Crippen MR) is 114 cm³/mol. The van der Waals surface area contributed by atoms with E-state index in [9.17, 15) is 13.2 Å². The Bertz CT molecular complexity index is 899. The van der Waals surface area contributed by atoms with Gasteiger partial charge >= 0.3 is 0 Å². The van der Waals surface area contributed by atoms with E-state index in [1.807, 2.05) is 12.1 Å². The fourth-order valence-corrected chi connectivity index (χ4v) is 3.40. The highest BCUT2D eigenvalue weighted by molar-refractivity contribution is 7.89. The summed E-state index contributed by atoms with van der Waals surface area (Å²) < 4.78 is 31.4. The van der Waals surface area contributed by atoms with Crippen molar-refractivity contribution in [1.29, 1.82) is 0 Å². The molecule has 0 atom stereocenters. The molecule has 1 amide bonds. The number of hydrogen-bond acceptors (Lipinski definition) is 4. The van der Waals surface area contributed by atoms with Crippen molar-refractivity contribution >= 4 is 15.9 Å². The third-order valence-electron chi connectivity index (χ3n) is 4.53. The molecule has 7 heteroatoms. The Labute approximate surface area is 173 Å². The molecule has 0 aliphatic heterocycles. The zero-order valence-corrected chi connectivity index (χ0v) is 18.3. The molecule has 0 aliphatic rings. The number of amides is 1. The van der Waals surface area contributed by atoms with Gasteiger partial charge < -0.3 is 10.1 Å². The normalized spacial score (nSPS) is 11.9. The van der Waals surface area contributed by atoms with Crippen LogP contribution in [0.2, 0.25) is 0 Å². The first kappa shape index (κ1) is 22.9. The Balaban J connectivity index is 1.70. The van der Waals surface area contributed by atoms with Crippen LogP contribution in [0, 0.1) is 0 Å². The van der Waals surface area contributed by atoms with Crippen molar-refractivity contribution in [1.82, 2.24) is 10.0 Å². The molecule has 0 fully saturated rings. The highest BCUT2D eigenvalue weighted by Crippen LogP contribution is 2.24. The summed E-state index contributed by atoms with van der Waals surface area (Å²) in [6.07, 6.45) is 0.985. The van der Waals surface area contributed by atoms with E-state index in [0.717, 1.165) is 11.3 Å². The lowest BCUT2D eigenvalue weighted by Crippen LogP contribution is -2.23. The van der Waals surface area contributed by atoms with E-state index in [4.69, 9.17) is 4.74 Å². The van der Waals surface area contributed by atoms with Crippen LogP contribution in [0.15, 0.2) is 53.4 Å². The van der Waals surface area contributed by atoms with Gasteiger partial charge in [-0.25, -0.2) is 13.1 Å². The van der Waals surface area contributed by atoms with E-state index in [1.165, 1.54) is 24.7 Å². The van der Waals surface area contributed by atoms with Gasteiger partial charge in [0, 0.05) is 13.0 Å². The molecule has 2 aromatic rings. The molecule has 0 aliphatic carbocycles. The van der Waals surface area contributed by atoms with Gasteiger partial charge in [-0.15, -0.1) is 0 Å². The summed E-state index contributed by atoms with van der Waals surface area (Å²) in [5.74, 6) is 0.735. The maximum Gasteiger partial charge on any atom is 0.240 e. The first-order valence-corrected chi connectivity index (χ1v) is 11.1. The highest BCUT2D eigenvalue weighted by atomic mass is 32.2. The molecule has 2 aromatic carbocycles. The van der Waals surface area contributed by atoms with E-state index in [0.29, 0.717) is 26.0 Å². The Morgan fingerprint density at radius 1 is 1.00 bits per heavy atom. The van der Waals surface area contributed by atoms with Gasteiger partial charge in [0.05, 0.1) is 11.5 Å². The molecule has 0 radical (unpaired) electrons. The lowest BCUT2D eigenvalue weighted by Gasteiger charge is -2.19. The Hall–Kier alpha value is -2.38. The van der Waals surface area contributed by atoms with E-state index >= 15 is 0 Å². The average molecular weight is 419 g/mol. The molecule has 0 saturated heterocycles. The van der Waals surface area contributed by atoms with Crippen LogP contribution in [0.4, 0.5) is 0 Å². The molecule has 0 heterocycles. The monoisotopic (exact) mass is 418 g/mol. The number of rotatable bonds is 9. The smallest absolute Gasteiger partial charge is 0.240 e. The summed E-state index contributed by atoms with van der Waals surface area (Å²) in [5, 5.41) is 2.83. The Morgan fingerprint density at radius 2 is 1.62 bits per heavy atom. The van der Waals surface area contributed by atoms with Crippen LogP contribution in [-0.4, -0.2) is 28.0 Å². The minimum atomic E-state index is -3.45. The topological polar surface area (TPSA) is 84.5 Å². The van der Waals surface area contributed by atoms with Gasteiger partial charge in [0.1, 0.15) is 5.75 Å². The van der Waals surface area contributed by atoms with Gasteiger partial charge in [0.25, 0.3) is 0 Å². The number of carbonyl (C=O) groups is 1. The quantitative estimate of drug-likeness (QED) is 0.612. The van der Waals surface area contributed by atoms with E-state index in [-0.39, 0.29) is 16.2 Å². The first-order valence-electron chi connectivity index (χ1n) is 9.64. The van der Waals surface area contributed by atoms with E-state index in [1.54, 1.807) is 12.1 Å². The van der Waals surface area contributed by atoms with Crippen molar-refractivity contribution in [2.24, 2.45) is 0 Å². The van der Waals surface area contributed by atoms with Gasteiger partial charge in [-0.1, -0.05) is 45.0 Å². The molecule has 0 aromatic heterocycles. The average Bonchev–Trinajstić information content (AvgIpc) is 2.69. The van der Waals surface area contributed by atoms with Crippen molar-refractivity contribution in [2.45, 2.75) is 50.5 Å². The molecular formula is C22H30N2O4S. The van der Waals surface area contributed by atoms with Crippen LogP contribution in [-0.2, 0) is 26.8 Å². The summed E-state index contributed by atoms with van der Waals surface area (Å²) in [6, 6.07) is 14.5. The van der Waals surface area contributed by atoms with Crippen LogP contribution in [0.3, 0.4) is 0 Å². The minimum absolute atomic E-state index is 0.0661. The van der Waals surface area contributed by atoms with Gasteiger partial charge in [-0.05, 0) is 54.3 Å². The second-order valence-corrected chi connectivity index (χ2v) is 9.74.